The van der Waals surface area contributed by atoms with E-state index in [0.717, 1.165) is 15.4 Å². The van der Waals surface area contributed by atoms with Crippen molar-refractivity contribution < 1.29 is 14.7 Å². The van der Waals surface area contributed by atoms with Gasteiger partial charge in [-0.2, -0.15) is 0 Å². The largest absolute Gasteiger partial charge is 0.481 e. The molecule has 0 spiro atoms. The number of para-hydroxylation sites is 1. The number of carboxylic acid groups (broad SMARTS) is 1. The van der Waals surface area contributed by atoms with E-state index < -0.39 is 17.8 Å². The molecule has 2 bridgehead atoms. The standard InChI is InChI=1S/C15H13Br2NO3/c16-9-2-1-3-10(17)13(9)18-14(19)11-7-4-5-8(6-7)12(11)15(20)21/h1-5,7-8,11-12H,6H2,(H,18,19)(H,20,21)/t7?,8?,11-,12+/m0/s1. The molecule has 2 unspecified atom stereocenters. The van der Waals surface area contributed by atoms with Crippen molar-refractivity contribution in [1.29, 1.82) is 0 Å². The third-order valence-corrected chi connectivity index (χ3v) is 5.58. The van der Waals surface area contributed by atoms with Gasteiger partial charge in [0.2, 0.25) is 5.91 Å². The van der Waals surface area contributed by atoms with Crippen molar-refractivity contribution in [3.8, 4) is 0 Å². The van der Waals surface area contributed by atoms with Crippen LogP contribution in [0.15, 0.2) is 39.3 Å². The van der Waals surface area contributed by atoms with Crippen LogP contribution in [0.3, 0.4) is 0 Å². The fourth-order valence-electron chi connectivity index (χ4n) is 3.34. The van der Waals surface area contributed by atoms with E-state index in [9.17, 15) is 14.7 Å². The first-order valence-corrected chi connectivity index (χ1v) is 8.23. The maximum atomic E-state index is 12.6. The van der Waals surface area contributed by atoms with Crippen LogP contribution in [0.25, 0.3) is 0 Å². The minimum absolute atomic E-state index is 0.0223. The van der Waals surface area contributed by atoms with Gasteiger partial charge < -0.3 is 10.4 Å². The molecule has 1 fully saturated rings. The van der Waals surface area contributed by atoms with Crippen molar-refractivity contribution in [2.24, 2.45) is 23.7 Å². The van der Waals surface area contributed by atoms with Crippen LogP contribution in [0.2, 0.25) is 0 Å². The number of carbonyl (C=O) groups excluding carboxylic acids is 1. The van der Waals surface area contributed by atoms with Crippen molar-refractivity contribution in [3.63, 3.8) is 0 Å². The zero-order valence-electron chi connectivity index (χ0n) is 10.9. The van der Waals surface area contributed by atoms with Crippen LogP contribution in [0.4, 0.5) is 5.69 Å². The molecule has 3 rings (SSSR count). The molecule has 0 aliphatic heterocycles. The third kappa shape index (κ3) is 2.55. The Labute approximate surface area is 138 Å². The smallest absolute Gasteiger partial charge is 0.307 e. The number of rotatable bonds is 3. The second-order valence-corrected chi connectivity index (χ2v) is 7.13. The van der Waals surface area contributed by atoms with Crippen molar-refractivity contribution >= 4 is 49.4 Å². The number of amides is 1. The van der Waals surface area contributed by atoms with E-state index in [-0.39, 0.29) is 17.7 Å². The summed E-state index contributed by atoms with van der Waals surface area (Å²) in [6.45, 7) is 0. The summed E-state index contributed by atoms with van der Waals surface area (Å²) >= 11 is 6.79. The van der Waals surface area contributed by atoms with Gasteiger partial charge in [-0.25, -0.2) is 0 Å². The zero-order valence-corrected chi connectivity index (χ0v) is 14.1. The molecular weight excluding hydrogens is 402 g/mol. The predicted molar refractivity (Wildman–Crippen MR) is 85.8 cm³/mol. The molecule has 21 heavy (non-hydrogen) atoms. The molecule has 6 heteroatoms. The molecule has 1 saturated carbocycles. The van der Waals surface area contributed by atoms with Gasteiger partial charge in [0.05, 0.1) is 17.5 Å². The van der Waals surface area contributed by atoms with Crippen LogP contribution in [0.5, 0.6) is 0 Å². The van der Waals surface area contributed by atoms with E-state index in [1.807, 2.05) is 30.4 Å². The predicted octanol–water partition coefficient (Wildman–Crippen LogP) is 3.67. The normalized spacial score (nSPS) is 29.6. The zero-order chi connectivity index (χ0) is 15.1. The first-order valence-electron chi connectivity index (χ1n) is 6.65. The summed E-state index contributed by atoms with van der Waals surface area (Å²) in [5.41, 5.74) is 0.637. The molecule has 4 atom stereocenters. The lowest BCUT2D eigenvalue weighted by Crippen LogP contribution is -2.36. The quantitative estimate of drug-likeness (QED) is 0.741. The van der Waals surface area contributed by atoms with Crippen molar-refractivity contribution in [1.82, 2.24) is 0 Å². The Hall–Kier alpha value is -1.14. The molecule has 0 radical (unpaired) electrons. The van der Waals surface area contributed by atoms with E-state index in [1.165, 1.54) is 0 Å². The highest BCUT2D eigenvalue weighted by molar-refractivity contribution is 9.11. The first-order chi connectivity index (χ1) is 9.99. The third-order valence-electron chi connectivity index (χ3n) is 4.26. The maximum absolute atomic E-state index is 12.6. The van der Waals surface area contributed by atoms with E-state index in [1.54, 1.807) is 0 Å². The number of carboxylic acids is 1. The lowest BCUT2D eigenvalue weighted by molar-refractivity contribution is -0.146. The Bertz CT molecular complexity index is 624. The molecule has 1 aromatic carbocycles. The van der Waals surface area contributed by atoms with E-state index in [2.05, 4.69) is 37.2 Å². The fourth-order valence-corrected chi connectivity index (χ4v) is 4.54. The van der Waals surface area contributed by atoms with Crippen LogP contribution in [0, 0.1) is 23.7 Å². The molecule has 4 nitrogen and oxygen atoms in total. The van der Waals surface area contributed by atoms with Gasteiger partial charge in [0, 0.05) is 8.95 Å². The molecule has 110 valence electrons. The summed E-state index contributed by atoms with van der Waals surface area (Å²) in [6, 6.07) is 5.51. The molecule has 2 aliphatic carbocycles. The number of anilines is 1. The summed E-state index contributed by atoms with van der Waals surface area (Å²) in [5, 5.41) is 12.3. The maximum Gasteiger partial charge on any atom is 0.307 e. The molecular formula is C15H13Br2NO3. The lowest BCUT2D eigenvalue weighted by atomic mass is 9.82. The molecule has 0 heterocycles. The second kappa shape index (κ2) is 5.57. The van der Waals surface area contributed by atoms with Crippen LogP contribution in [-0.2, 0) is 9.59 Å². The van der Waals surface area contributed by atoms with Crippen LogP contribution in [0.1, 0.15) is 6.42 Å². The SMILES string of the molecule is O=C(O)[C@@H]1C2C=CC(C2)[C@@H]1C(=O)Nc1c(Br)cccc1Br. The highest BCUT2D eigenvalue weighted by Gasteiger charge is 2.51. The Morgan fingerprint density at radius 3 is 2.24 bits per heavy atom. The van der Waals surface area contributed by atoms with Crippen LogP contribution in [-0.4, -0.2) is 17.0 Å². The molecule has 2 aliphatic rings. The first kappa shape index (κ1) is 14.8. The van der Waals surface area contributed by atoms with Gasteiger partial charge in [-0.05, 0) is 62.2 Å². The second-order valence-electron chi connectivity index (χ2n) is 5.42. The summed E-state index contributed by atoms with van der Waals surface area (Å²) in [5.74, 6) is -2.24. The summed E-state index contributed by atoms with van der Waals surface area (Å²) < 4.78 is 1.52. The number of allylic oxidation sites excluding steroid dienone is 2. The Morgan fingerprint density at radius 2 is 1.67 bits per heavy atom. The Morgan fingerprint density at radius 1 is 1.10 bits per heavy atom. The lowest BCUT2D eigenvalue weighted by Gasteiger charge is -2.24. The highest BCUT2D eigenvalue weighted by Crippen LogP contribution is 2.48. The molecule has 1 aromatic rings. The molecule has 0 saturated heterocycles. The van der Waals surface area contributed by atoms with Gasteiger partial charge in [0.25, 0.3) is 0 Å². The number of aliphatic carboxylic acids is 1. The van der Waals surface area contributed by atoms with E-state index in [4.69, 9.17) is 0 Å². The number of benzene rings is 1. The minimum atomic E-state index is -0.891. The van der Waals surface area contributed by atoms with Gasteiger partial charge in [-0.3, -0.25) is 9.59 Å². The average Bonchev–Trinajstić information content (AvgIpc) is 3.03. The number of halogens is 2. The number of fused-ring (bicyclic) bond motifs is 2. The molecule has 2 N–H and O–H groups in total. The van der Waals surface area contributed by atoms with E-state index >= 15 is 0 Å². The average molecular weight is 415 g/mol. The number of nitrogens with one attached hydrogen (secondary N) is 1. The molecule has 1 amide bonds. The van der Waals surface area contributed by atoms with Gasteiger partial charge in [0.1, 0.15) is 0 Å². The minimum Gasteiger partial charge on any atom is -0.481 e. The van der Waals surface area contributed by atoms with Crippen molar-refractivity contribution in [2.45, 2.75) is 6.42 Å². The Balaban J connectivity index is 1.85. The molecule has 0 aromatic heterocycles. The van der Waals surface area contributed by atoms with Crippen LogP contribution >= 0.6 is 31.9 Å². The van der Waals surface area contributed by atoms with Gasteiger partial charge in [-0.15, -0.1) is 0 Å². The Kier molecular flexibility index (Phi) is 3.92. The van der Waals surface area contributed by atoms with E-state index in [0.29, 0.717) is 5.69 Å². The number of hydrogen-bond donors (Lipinski definition) is 2. The number of carbonyl (C=O) groups is 2. The monoisotopic (exact) mass is 413 g/mol. The van der Waals surface area contributed by atoms with Crippen molar-refractivity contribution in [2.75, 3.05) is 5.32 Å². The summed E-state index contributed by atoms with van der Waals surface area (Å²) in [4.78, 5) is 24.0. The topological polar surface area (TPSA) is 66.4 Å². The summed E-state index contributed by atoms with van der Waals surface area (Å²) in [6.07, 6.45) is 4.66. The highest BCUT2D eigenvalue weighted by atomic mass is 79.9. The van der Waals surface area contributed by atoms with Crippen molar-refractivity contribution in [3.05, 3.63) is 39.3 Å². The van der Waals surface area contributed by atoms with Gasteiger partial charge in [0.15, 0.2) is 0 Å². The van der Waals surface area contributed by atoms with Gasteiger partial charge >= 0.3 is 5.97 Å². The van der Waals surface area contributed by atoms with Gasteiger partial charge in [-0.1, -0.05) is 18.2 Å². The summed E-state index contributed by atoms with van der Waals surface area (Å²) in [7, 11) is 0. The fraction of sp³-hybridized carbons (Fsp3) is 0.333. The van der Waals surface area contributed by atoms with Crippen LogP contribution < -0.4 is 5.32 Å². The number of hydrogen-bond acceptors (Lipinski definition) is 2.